The van der Waals surface area contributed by atoms with Crippen molar-refractivity contribution in [2.24, 2.45) is 24.8 Å². The van der Waals surface area contributed by atoms with Crippen molar-refractivity contribution in [1.29, 1.82) is 0 Å². The number of carbonyl (C=O) groups is 6. The summed E-state index contributed by atoms with van der Waals surface area (Å²) < 4.78 is 1.64. The van der Waals surface area contributed by atoms with Crippen LogP contribution < -0.4 is 10.6 Å². The molecule has 5 rings (SSSR count). The van der Waals surface area contributed by atoms with Gasteiger partial charge in [-0.15, -0.1) is 0 Å². The van der Waals surface area contributed by atoms with Gasteiger partial charge in [0, 0.05) is 69.0 Å². The van der Waals surface area contributed by atoms with Gasteiger partial charge in [-0.3, -0.25) is 19.2 Å². The van der Waals surface area contributed by atoms with E-state index in [0.29, 0.717) is 31.4 Å². The van der Waals surface area contributed by atoms with Crippen molar-refractivity contribution in [2.45, 2.75) is 75.5 Å². The molecule has 0 aromatic carbocycles. The van der Waals surface area contributed by atoms with Crippen LogP contribution in [-0.2, 0) is 31.0 Å². The molecule has 4 amide bonds. The van der Waals surface area contributed by atoms with E-state index < -0.39 is 59.8 Å². The van der Waals surface area contributed by atoms with Crippen LogP contribution in [0.2, 0.25) is 0 Å². The zero-order chi connectivity index (χ0) is 29.4. The van der Waals surface area contributed by atoms with E-state index in [0.717, 1.165) is 12.8 Å². The van der Waals surface area contributed by atoms with Gasteiger partial charge in [-0.1, -0.05) is 12.8 Å². The lowest BCUT2D eigenvalue weighted by Crippen LogP contribution is -2.51. The van der Waals surface area contributed by atoms with Gasteiger partial charge in [0.05, 0.1) is 0 Å². The largest absolute Gasteiger partial charge is 0.480 e. The second-order valence-electron chi connectivity index (χ2n) is 11.8. The van der Waals surface area contributed by atoms with Gasteiger partial charge in [-0.2, -0.15) is 0 Å². The molecule has 1 aromatic heterocycles. The quantitative estimate of drug-likeness (QED) is 0.342. The first-order valence-corrected chi connectivity index (χ1v) is 14.3. The Morgan fingerprint density at radius 2 is 1.29 bits per heavy atom. The summed E-state index contributed by atoms with van der Waals surface area (Å²) in [6.07, 6.45) is 5.60. The lowest BCUT2D eigenvalue weighted by atomic mass is 9.77. The van der Waals surface area contributed by atoms with E-state index >= 15 is 0 Å². The van der Waals surface area contributed by atoms with Crippen molar-refractivity contribution in [3.63, 3.8) is 0 Å². The number of rotatable bonds is 8. The molecule has 2 aliphatic heterocycles. The topological polar surface area (TPSA) is 178 Å². The van der Waals surface area contributed by atoms with Gasteiger partial charge in [0.25, 0.3) is 5.91 Å². The van der Waals surface area contributed by atoms with E-state index in [4.69, 9.17) is 0 Å². The number of aromatic nitrogens is 1. The van der Waals surface area contributed by atoms with Crippen molar-refractivity contribution in [2.75, 3.05) is 13.1 Å². The van der Waals surface area contributed by atoms with Crippen molar-refractivity contribution in [3.05, 3.63) is 24.0 Å². The molecule has 2 aliphatic carbocycles. The second-order valence-corrected chi connectivity index (χ2v) is 11.8. The summed E-state index contributed by atoms with van der Waals surface area (Å²) in [5.41, 5.74) is 0.407. The van der Waals surface area contributed by atoms with Crippen LogP contribution in [0.1, 0.15) is 61.9 Å². The molecule has 13 heteroatoms. The normalized spacial score (nSPS) is 29.7. The number of likely N-dealkylation sites (tertiary alicyclic amines) is 2. The molecule has 6 atom stereocenters. The molecule has 2 saturated heterocycles. The molecule has 222 valence electrons. The number of nitrogens with one attached hydrogen (secondary N) is 2. The fourth-order valence-corrected chi connectivity index (χ4v) is 6.61. The Balaban J connectivity index is 1.29. The third kappa shape index (κ3) is 5.94. The predicted molar refractivity (Wildman–Crippen MR) is 142 cm³/mol. The Morgan fingerprint density at radius 3 is 1.73 bits per heavy atom. The van der Waals surface area contributed by atoms with Gasteiger partial charge < -0.3 is 35.2 Å². The van der Waals surface area contributed by atoms with Crippen LogP contribution in [0.3, 0.4) is 0 Å². The maximum absolute atomic E-state index is 13.9. The number of carboxylic acid groups (broad SMARTS) is 2. The Labute approximate surface area is 237 Å². The van der Waals surface area contributed by atoms with Gasteiger partial charge in [0.2, 0.25) is 17.7 Å². The number of carboxylic acids is 2. The van der Waals surface area contributed by atoms with Crippen LogP contribution in [0.15, 0.2) is 18.3 Å². The fraction of sp³-hybridized carbons (Fsp3) is 0.643. The molecule has 0 spiro atoms. The van der Waals surface area contributed by atoms with Gasteiger partial charge in [0.15, 0.2) is 0 Å². The molecule has 1 aromatic rings. The Bertz CT molecular complexity index is 1240. The highest BCUT2D eigenvalue weighted by Crippen LogP contribution is 2.37. The first-order chi connectivity index (χ1) is 19.5. The number of nitrogens with zero attached hydrogens (tertiary/aromatic N) is 3. The highest BCUT2D eigenvalue weighted by molar-refractivity contribution is 5.94. The third-order valence-corrected chi connectivity index (χ3v) is 8.94. The molecule has 0 radical (unpaired) electrons. The van der Waals surface area contributed by atoms with Crippen molar-refractivity contribution in [3.8, 4) is 0 Å². The zero-order valence-electron chi connectivity index (χ0n) is 23.0. The predicted octanol–water partition coefficient (Wildman–Crippen LogP) is 0.196. The molecule has 2 saturated carbocycles. The fourth-order valence-electron chi connectivity index (χ4n) is 6.61. The number of hydrogen-bond donors (Lipinski definition) is 4. The highest BCUT2D eigenvalue weighted by atomic mass is 16.4. The molecule has 0 unspecified atom stereocenters. The average Bonchev–Trinajstić information content (AvgIpc) is 3.34. The molecular weight excluding hydrogens is 534 g/mol. The summed E-state index contributed by atoms with van der Waals surface area (Å²) in [4.78, 5) is 79.4. The SMILES string of the molecule is Cn1cccc1C(=O)N[C@H]1C[C@@H](C(=O)O)N(C(=O)[C@H]2CCCC[C@H]2C(=O)N2C[C@@H](NC(=O)C3CC3)C[C@H]2C(=O)O)C1. The van der Waals surface area contributed by atoms with Gasteiger partial charge in [0.1, 0.15) is 17.8 Å². The standard InChI is InChI=1S/C28H37N5O8/c1-31-10-4-7-20(31)24(35)30-17-12-22(28(40)41)33(14-17)26(37)19-6-3-2-5-18(19)25(36)32-13-16(11-21(32)27(38)39)29-23(34)15-8-9-15/h4,7,10,15-19,21-22H,2-3,5-6,8-9,11-14H2,1H3,(H,29,34)(H,30,35)(H,38,39)(H,40,41)/t16-,17-,18+,19-,21-,22-/m0/s1. The van der Waals surface area contributed by atoms with E-state index in [9.17, 15) is 39.0 Å². The maximum Gasteiger partial charge on any atom is 0.326 e. The van der Waals surface area contributed by atoms with Crippen LogP contribution in [0, 0.1) is 17.8 Å². The van der Waals surface area contributed by atoms with Crippen molar-refractivity contribution in [1.82, 2.24) is 25.0 Å². The number of hydrogen-bond acceptors (Lipinski definition) is 6. The van der Waals surface area contributed by atoms with E-state index in [-0.39, 0.29) is 43.7 Å². The summed E-state index contributed by atoms with van der Waals surface area (Å²) >= 11 is 0. The molecule has 4 aliphatic rings. The first kappa shape index (κ1) is 28.6. The maximum atomic E-state index is 13.9. The van der Waals surface area contributed by atoms with E-state index in [1.165, 1.54) is 9.80 Å². The third-order valence-electron chi connectivity index (χ3n) is 8.94. The van der Waals surface area contributed by atoms with Crippen LogP contribution in [0.5, 0.6) is 0 Å². The monoisotopic (exact) mass is 571 g/mol. The summed E-state index contributed by atoms with van der Waals surface area (Å²) in [7, 11) is 1.72. The van der Waals surface area contributed by atoms with Crippen LogP contribution in [-0.4, -0.2) is 97.4 Å². The Morgan fingerprint density at radius 1 is 0.780 bits per heavy atom. The van der Waals surface area contributed by atoms with E-state index in [2.05, 4.69) is 10.6 Å². The summed E-state index contributed by atoms with van der Waals surface area (Å²) in [6.45, 7) is 0.0561. The molecule has 3 heterocycles. The highest BCUT2D eigenvalue weighted by Gasteiger charge is 2.49. The van der Waals surface area contributed by atoms with Crippen molar-refractivity contribution >= 4 is 35.6 Å². The number of aliphatic carboxylic acids is 2. The zero-order valence-corrected chi connectivity index (χ0v) is 23.0. The van der Waals surface area contributed by atoms with Crippen molar-refractivity contribution < 1.29 is 39.0 Å². The minimum atomic E-state index is -1.19. The molecule has 0 bridgehead atoms. The first-order valence-electron chi connectivity index (χ1n) is 14.3. The smallest absolute Gasteiger partial charge is 0.326 e. The van der Waals surface area contributed by atoms with Crippen LogP contribution >= 0.6 is 0 Å². The van der Waals surface area contributed by atoms with Gasteiger partial charge in [-0.05, 0) is 37.8 Å². The Kier molecular flexibility index (Phi) is 8.05. The van der Waals surface area contributed by atoms with Crippen LogP contribution in [0.4, 0.5) is 0 Å². The molecular formula is C28H37N5O8. The van der Waals surface area contributed by atoms with Gasteiger partial charge in [-0.25, -0.2) is 9.59 Å². The molecule has 4 N–H and O–H groups in total. The summed E-state index contributed by atoms with van der Waals surface area (Å²) in [5.74, 6) is -5.39. The lowest BCUT2D eigenvalue weighted by Gasteiger charge is -2.36. The minimum Gasteiger partial charge on any atom is -0.480 e. The molecule has 13 nitrogen and oxygen atoms in total. The lowest BCUT2D eigenvalue weighted by molar-refractivity contribution is -0.156. The molecule has 41 heavy (non-hydrogen) atoms. The van der Waals surface area contributed by atoms with E-state index in [1.54, 1.807) is 29.9 Å². The van der Waals surface area contributed by atoms with E-state index in [1.807, 2.05) is 0 Å². The number of carbonyl (C=O) groups excluding carboxylic acids is 4. The summed E-state index contributed by atoms with van der Waals surface area (Å²) in [6, 6.07) is 0.0449. The Hall–Kier alpha value is -3.90. The second kappa shape index (κ2) is 11.5. The van der Waals surface area contributed by atoms with Gasteiger partial charge >= 0.3 is 11.9 Å². The van der Waals surface area contributed by atoms with Crippen LogP contribution in [0.25, 0.3) is 0 Å². The summed E-state index contributed by atoms with van der Waals surface area (Å²) in [5, 5.41) is 25.5. The number of amides is 4. The minimum absolute atomic E-state index is 0.000110. The molecule has 4 fully saturated rings. The number of aryl methyl sites for hydroxylation is 1. The average molecular weight is 572 g/mol.